The van der Waals surface area contributed by atoms with Gasteiger partial charge >= 0.3 is 5.97 Å². The number of nitrogens with zero attached hydrogens (tertiary/aromatic N) is 1. The molecule has 4 atom stereocenters. The van der Waals surface area contributed by atoms with Crippen molar-refractivity contribution < 1.29 is 29.0 Å². The van der Waals surface area contributed by atoms with Crippen LogP contribution < -0.4 is 20.3 Å². The molecule has 3 aliphatic rings. The Balaban J connectivity index is 1.43. The van der Waals surface area contributed by atoms with Crippen LogP contribution in [-0.4, -0.2) is 34.8 Å². The third-order valence-electron chi connectivity index (χ3n) is 7.37. The first-order valence-corrected chi connectivity index (χ1v) is 11.9. The van der Waals surface area contributed by atoms with E-state index in [2.05, 4.69) is 10.6 Å². The molecule has 3 amide bonds. The molecule has 2 fully saturated rings. The molecule has 186 valence electrons. The Morgan fingerprint density at radius 3 is 2.38 bits per heavy atom. The molecule has 9 heteroatoms. The smallest absolute Gasteiger partial charge is 0.308 e. The minimum atomic E-state index is -1.40. The fraction of sp³-hybridized carbons (Fsp3) is 0.214. The zero-order valence-electron chi connectivity index (χ0n) is 19.8. The second-order valence-corrected chi connectivity index (χ2v) is 9.53. The van der Waals surface area contributed by atoms with Gasteiger partial charge in [0.2, 0.25) is 17.7 Å². The number of fused-ring (bicyclic) bond motifs is 4. The Bertz CT molecular complexity index is 1450. The predicted octanol–water partition coefficient (Wildman–Crippen LogP) is 2.49. The highest BCUT2D eigenvalue weighted by Gasteiger charge is 2.70. The summed E-state index contributed by atoms with van der Waals surface area (Å²) in [4.78, 5) is 53.8. The number of carbonyl (C=O) groups excluding carboxylic acids is 4. The summed E-state index contributed by atoms with van der Waals surface area (Å²) < 4.78 is 5.07. The van der Waals surface area contributed by atoms with Gasteiger partial charge in [0.15, 0.2) is 0 Å². The van der Waals surface area contributed by atoms with E-state index in [0.29, 0.717) is 29.1 Å². The number of ether oxygens (including phenoxy) is 1. The standard InChI is InChI=1S/C28H23N3O6/c1-15(32)37-19-12-8-17(9-13-19)31-25(34)23-22(14-16-6-10-18(33)11-7-16)30-28(24(23)26(31)35)20-4-2-3-5-21(20)29-27(28)36/h2-13,22-24,30,33H,14H2,1H3,(H,29,36)/t22-,23+,24-,28-/m0/s1. The molecule has 9 nitrogen and oxygen atoms in total. The molecule has 0 saturated carbocycles. The highest BCUT2D eigenvalue weighted by Crippen LogP contribution is 2.53. The topological polar surface area (TPSA) is 125 Å². The molecule has 37 heavy (non-hydrogen) atoms. The number of rotatable bonds is 4. The van der Waals surface area contributed by atoms with Crippen LogP contribution in [0, 0.1) is 11.8 Å². The predicted molar refractivity (Wildman–Crippen MR) is 133 cm³/mol. The Morgan fingerprint density at radius 2 is 1.68 bits per heavy atom. The lowest BCUT2D eigenvalue weighted by Gasteiger charge is -2.29. The summed E-state index contributed by atoms with van der Waals surface area (Å²) >= 11 is 0. The highest BCUT2D eigenvalue weighted by molar-refractivity contribution is 6.25. The van der Waals surface area contributed by atoms with Crippen LogP contribution in [0.3, 0.4) is 0 Å². The van der Waals surface area contributed by atoms with Gasteiger partial charge in [-0.05, 0) is 54.4 Å². The number of aromatic hydroxyl groups is 1. The van der Waals surface area contributed by atoms with E-state index in [4.69, 9.17) is 4.74 Å². The molecule has 0 aromatic heterocycles. The Morgan fingerprint density at radius 1 is 0.973 bits per heavy atom. The van der Waals surface area contributed by atoms with Crippen molar-refractivity contribution in [3.63, 3.8) is 0 Å². The highest BCUT2D eigenvalue weighted by atomic mass is 16.5. The molecule has 0 aliphatic carbocycles. The van der Waals surface area contributed by atoms with Gasteiger partial charge in [-0.25, -0.2) is 4.90 Å². The van der Waals surface area contributed by atoms with Gasteiger partial charge in [-0.15, -0.1) is 0 Å². The van der Waals surface area contributed by atoms with Crippen molar-refractivity contribution >= 4 is 35.1 Å². The molecule has 3 aliphatic heterocycles. The van der Waals surface area contributed by atoms with Crippen LogP contribution in [0.5, 0.6) is 11.5 Å². The molecular weight excluding hydrogens is 474 g/mol. The first kappa shape index (κ1) is 22.9. The lowest BCUT2D eigenvalue weighted by molar-refractivity contribution is -0.132. The summed E-state index contributed by atoms with van der Waals surface area (Å²) in [6.07, 6.45) is 0.372. The average Bonchev–Trinajstić information content (AvgIpc) is 3.45. The lowest BCUT2D eigenvalue weighted by Crippen LogP contribution is -2.53. The molecule has 1 spiro atoms. The van der Waals surface area contributed by atoms with Crippen molar-refractivity contribution in [2.24, 2.45) is 11.8 Å². The molecule has 2 saturated heterocycles. The summed E-state index contributed by atoms with van der Waals surface area (Å²) in [7, 11) is 0. The van der Waals surface area contributed by atoms with Gasteiger partial charge in [0.1, 0.15) is 17.0 Å². The maximum absolute atomic E-state index is 14.0. The van der Waals surface area contributed by atoms with Crippen molar-refractivity contribution in [2.45, 2.75) is 24.9 Å². The third-order valence-corrected chi connectivity index (χ3v) is 7.37. The number of phenols is 1. The number of anilines is 2. The van der Waals surface area contributed by atoms with Gasteiger partial charge in [0.05, 0.1) is 17.5 Å². The summed E-state index contributed by atoms with van der Waals surface area (Å²) in [6, 6.07) is 19.4. The largest absolute Gasteiger partial charge is 0.508 e. The summed E-state index contributed by atoms with van der Waals surface area (Å²) in [6.45, 7) is 1.29. The number of para-hydroxylation sites is 1. The number of imide groups is 1. The van der Waals surface area contributed by atoms with Crippen LogP contribution in [-0.2, 0) is 31.1 Å². The van der Waals surface area contributed by atoms with E-state index in [1.165, 1.54) is 19.1 Å². The lowest BCUT2D eigenvalue weighted by atomic mass is 9.76. The van der Waals surface area contributed by atoms with E-state index >= 15 is 0 Å². The SMILES string of the molecule is CC(=O)Oc1ccc(N2C(=O)[C@@H]3[C@H](Cc4ccc(O)cc4)N[C@]4(C(=O)Nc5ccccc54)[C@@H]3C2=O)cc1. The fourth-order valence-electron chi connectivity index (χ4n) is 5.90. The number of amides is 3. The second kappa shape index (κ2) is 8.28. The van der Waals surface area contributed by atoms with Crippen LogP contribution in [0.15, 0.2) is 72.8 Å². The average molecular weight is 498 g/mol. The number of phenolic OH excluding ortho intramolecular Hbond substituents is 1. The maximum Gasteiger partial charge on any atom is 0.308 e. The minimum Gasteiger partial charge on any atom is -0.508 e. The van der Waals surface area contributed by atoms with Crippen LogP contribution >= 0.6 is 0 Å². The fourth-order valence-corrected chi connectivity index (χ4v) is 5.90. The van der Waals surface area contributed by atoms with Gasteiger partial charge in [0, 0.05) is 24.2 Å². The van der Waals surface area contributed by atoms with Gasteiger partial charge in [-0.1, -0.05) is 30.3 Å². The molecule has 0 radical (unpaired) electrons. The molecule has 0 unspecified atom stereocenters. The van der Waals surface area contributed by atoms with Crippen LogP contribution in [0.4, 0.5) is 11.4 Å². The number of carbonyl (C=O) groups is 4. The van der Waals surface area contributed by atoms with E-state index in [9.17, 15) is 24.3 Å². The number of hydrogen-bond donors (Lipinski definition) is 3. The normalized spacial score (nSPS) is 25.8. The van der Waals surface area contributed by atoms with Crippen LogP contribution in [0.25, 0.3) is 0 Å². The number of hydrogen-bond acceptors (Lipinski definition) is 7. The van der Waals surface area contributed by atoms with Gasteiger partial charge in [-0.2, -0.15) is 0 Å². The van der Waals surface area contributed by atoms with Crippen molar-refractivity contribution in [2.75, 3.05) is 10.2 Å². The zero-order valence-corrected chi connectivity index (χ0v) is 19.8. The Labute approximate surface area is 212 Å². The van der Waals surface area contributed by atoms with Crippen molar-refractivity contribution in [3.05, 3.63) is 83.9 Å². The zero-order chi connectivity index (χ0) is 25.9. The van der Waals surface area contributed by atoms with Crippen LogP contribution in [0.2, 0.25) is 0 Å². The van der Waals surface area contributed by atoms with Crippen molar-refractivity contribution in [1.82, 2.24) is 5.32 Å². The van der Waals surface area contributed by atoms with E-state index in [-0.39, 0.29) is 11.7 Å². The van der Waals surface area contributed by atoms with E-state index in [0.717, 1.165) is 10.5 Å². The molecule has 3 aromatic rings. The van der Waals surface area contributed by atoms with E-state index in [1.54, 1.807) is 60.7 Å². The van der Waals surface area contributed by atoms with Gasteiger partial charge < -0.3 is 15.2 Å². The second-order valence-electron chi connectivity index (χ2n) is 9.53. The molecule has 6 rings (SSSR count). The Hall–Kier alpha value is -4.50. The summed E-state index contributed by atoms with van der Waals surface area (Å²) in [5, 5.41) is 16.0. The van der Waals surface area contributed by atoms with Crippen molar-refractivity contribution in [1.29, 1.82) is 0 Å². The van der Waals surface area contributed by atoms with Crippen molar-refractivity contribution in [3.8, 4) is 11.5 Å². The molecule has 3 heterocycles. The number of benzene rings is 3. The summed E-state index contributed by atoms with van der Waals surface area (Å²) in [5.41, 5.74) is 1.03. The Kier molecular flexibility index (Phi) is 5.13. The first-order chi connectivity index (χ1) is 17.8. The molecule has 0 bridgehead atoms. The van der Waals surface area contributed by atoms with Gasteiger partial charge in [0.25, 0.3) is 0 Å². The monoisotopic (exact) mass is 497 g/mol. The van der Waals surface area contributed by atoms with E-state index in [1.807, 2.05) is 0 Å². The maximum atomic E-state index is 14.0. The first-order valence-electron chi connectivity index (χ1n) is 11.9. The minimum absolute atomic E-state index is 0.122. The number of nitrogens with one attached hydrogen (secondary N) is 2. The quantitative estimate of drug-likeness (QED) is 0.287. The van der Waals surface area contributed by atoms with E-state index < -0.39 is 41.2 Å². The number of esters is 1. The third kappa shape index (κ3) is 3.42. The molecular formula is C28H23N3O6. The summed E-state index contributed by atoms with van der Waals surface area (Å²) in [5.74, 6) is -3.06. The van der Waals surface area contributed by atoms with Gasteiger partial charge in [-0.3, -0.25) is 24.5 Å². The molecule has 3 N–H and O–H groups in total. The molecule has 3 aromatic carbocycles. The van der Waals surface area contributed by atoms with Crippen LogP contribution in [0.1, 0.15) is 18.1 Å².